The second kappa shape index (κ2) is 8.89. The maximum absolute atomic E-state index is 12.2. The third-order valence-electron chi connectivity index (χ3n) is 2.58. The van der Waals surface area contributed by atoms with E-state index in [2.05, 4.69) is 15.6 Å². The van der Waals surface area contributed by atoms with Crippen LogP contribution in [-0.2, 0) is 6.54 Å². The van der Waals surface area contributed by atoms with Gasteiger partial charge in [0.2, 0.25) is 0 Å². The standard InChI is InChI=1S/C13H21F3N4S/c1-3-17-12(19-8-11-4-7-21-9-11)18-5-6-20(2)10-13(14,15)16/h4,7,9H,3,5-6,8,10H2,1-2H3,(H2,17,18,19). The lowest BCUT2D eigenvalue weighted by molar-refractivity contribution is -0.142. The zero-order valence-electron chi connectivity index (χ0n) is 12.2. The number of nitrogens with zero attached hydrogens (tertiary/aromatic N) is 2. The minimum atomic E-state index is -4.16. The van der Waals surface area contributed by atoms with Crippen molar-refractivity contribution in [1.29, 1.82) is 0 Å². The van der Waals surface area contributed by atoms with Crippen LogP contribution in [-0.4, -0.2) is 50.3 Å². The number of halogens is 3. The smallest absolute Gasteiger partial charge is 0.357 e. The first kappa shape index (κ1) is 17.8. The summed E-state index contributed by atoms with van der Waals surface area (Å²) in [6.07, 6.45) is -4.16. The minimum absolute atomic E-state index is 0.294. The van der Waals surface area contributed by atoms with E-state index in [1.54, 1.807) is 11.3 Å². The monoisotopic (exact) mass is 322 g/mol. The molecular weight excluding hydrogens is 301 g/mol. The van der Waals surface area contributed by atoms with E-state index in [0.29, 0.717) is 32.1 Å². The van der Waals surface area contributed by atoms with Gasteiger partial charge in [0.05, 0.1) is 13.1 Å². The van der Waals surface area contributed by atoms with Gasteiger partial charge in [0.25, 0.3) is 0 Å². The Morgan fingerprint density at radius 2 is 2.14 bits per heavy atom. The minimum Gasteiger partial charge on any atom is -0.357 e. The van der Waals surface area contributed by atoms with Crippen molar-refractivity contribution in [3.8, 4) is 0 Å². The van der Waals surface area contributed by atoms with Crippen molar-refractivity contribution in [2.45, 2.75) is 19.6 Å². The van der Waals surface area contributed by atoms with Crippen molar-refractivity contribution >= 4 is 17.3 Å². The molecule has 0 saturated carbocycles. The van der Waals surface area contributed by atoms with Crippen LogP contribution in [0.3, 0.4) is 0 Å². The number of likely N-dealkylation sites (N-methyl/N-ethyl adjacent to an activating group) is 1. The second-order valence-corrected chi connectivity index (χ2v) is 5.39. The Hall–Kier alpha value is -1.28. The average molecular weight is 322 g/mol. The number of hydrogen-bond acceptors (Lipinski definition) is 3. The predicted molar refractivity (Wildman–Crippen MR) is 80.7 cm³/mol. The summed E-state index contributed by atoms with van der Waals surface area (Å²) in [6, 6.07) is 1.99. The van der Waals surface area contributed by atoms with Gasteiger partial charge in [0.15, 0.2) is 5.96 Å². The van der Waals surface area contributed by atoms with Crippen LogP contribution < -0.4 is 10.6 Å². The van der Waals surface area contributed by atoms with Crippen LogP contribution in [0.25, 0.3) is 0 Å². The van der Waals surface area contributed by atoms with Gasteiger partial charge in [-0.05, 0) is 36.4 Å². The molecule has 21 heavy (non-hydrogen) atoms. The summed E-state index contributed by atoms with van der Waals surface area (Å²) in [6.45, 7) is 2.99. The van der Waals surface area contributed by atoms with Crippen molar-refractivity contribution in [3.05, 3.63) is 22.4 Å². The van der Waals surface area contributed by atoms with E-state index in [-0.39, 0.29) is 0 Å². The molecule has 0 aromatic carbocycles. The van der Waals surface area contributed by atoms with Crippen LogP contribution in [0, 0.1) is 0 Å². The van der Waals surface area contributed by atoms with Crippen LogP contribution in [0.4, 0.5) is 13.2 Å². The van der Waals surface area contributed by atoms with Gasteiger partial charge in [-0.2, -0.15) is 24.5 Å². The van der Waals surface area contributed by atoms with Crippen LogP contribution in [0.1, 0.15) is 12.5 Å². The fourth-order valence-corrected chi connectivity index (χ4v) is 2.30. The zero-order chi connectivity index (χ0) is 15.7. The highest BCUT2D eigenvalue weighted by molar-refractivity contribution is 7.07. The molecule has 0 aliphatic rings. The summed E-state index contributed by atoms with van der Waals surface area (Å²) in [5.41, 5.74) is 1.12. The Balaban J connectivity index is 2.35. The molecule has 0 fully saturated rings. The highest BCUT2D eigenvalue weighted by Crippen LogP contribution is 2.14. The second-order valence-electron chi connectivity index (χ2n) is 4.61. The van der Waals surface area contributed by atoms with Crippen molar-refractivity contribution in [3.63, 3.8) is 0 Å². The molecule has 0 radical (unpaired) electrons. The lowest BCUT2D eigenvalue weighted by atomic mass is 10.3. The molecule has 4 nitrogen and oxygen atoms in total. The number of aliphatic imine (C=N–C) groups is 1. The molecule has 0 unspecified atom stereocenters. The Morgan fingerprint density at radius 1 is 1.38 bits per heavy atom. The molecule has 8 heteroatoms. The quantitative estimate of drug-likeness (QED) is 0.598. The molecule has 0 atom stereocenters. The lowest BCUT2D eigenvalue weighted by Gasteiger charge is -2.19. The average Bonchev–Trinajstić information content (AvgIpc) is 2.86. The molecule has 0 saturated heterocycles. The van der Waals surface area contributed by atoms with Gasteiger partial charge in [0.1, 0.15) is 0 Å². The Morgan fingerprint density at radius 3 is 2.71 bits per heavy atom. The fourth-order valence-electron chi connectivity index (χ4n) is 1.64. The van der Waals surface area contributed by atoms with E-state index in [9.17, 15) is 13.2 Å². The van der Waals surface area contributed by atoms with Crippen LogP contribution in [0.5, 0.6) is 0 Å². The maximum atomic E-state index is 12.2. The number of rotatable bonds is 7. The van der Waals surface area contributed by atoms with Gasteiger partial charge in [-0.3, -0.25) is 4.90 Å². The number of guanidine groups is 1. The van der Waals surface area contributed by atoms with E-state index in [1.807, 2.05) is 23.8 Å². The van der Waals surface area contributed by atoms with E-state index in [0.717, 1.165) is 5.56 Å². The molecule has 1 aromatic rings. The molecule has 120 valence electrons. The predicted octanol–water partition coefficient (Wildman–Crippen LogP) is 2.30. The van der Waals surface area contributed by atoms with Crippen molar-refractivity contribution in [1.82, 2.24) is 15.5 Å². The number of nitrogens with one attached hydrogen (secondary N) is 2. The SMILES string of the molecule is CCNC(=NCc1ccsc1)NCCN(C)CC(F)(F)F. The van der Waals surface area contributed by atoms with E-state index in [4.69, 9.17) is 0 Å². The molecule has 0 aliphatic heterocycles. The fraction of sp³-hybridized carbons (Fsp3) is 0.615. The van der Waals surface area contributed by atoms with E-state index >= 15 is 0 Å². The molecule has 0 aliphatic carbocycles. The third-order valence-corrected chi connectivity index (χ3v) is 3.31. The third kappa shape index (κ3) is 8.56. The number of thiophene rings is 1. The Bertz CT molecular complexity index is 418. The summed E-state index contributed by atoms with van der Waals surface area (Å²) in [7, 11) is 1.45. The topological polar surface area (TPSA) is 39.7 Å². The van der Waals surface area contributed by atoms with E-state index in [1.165, 1.54) is 11.9 Å². The van der Waals surface area contributed by atoms with Crippen molar-refractivity contribution < 1.29 is 13.2 Å². The summed E-state index contributed by atoms with van der Waals surface area (Å²) >= 11 is 1.61. The van der Waals surface area contributed by atoms with Gasteiger partial charge in [0, 0.05) is 19.6 Å². The molecule has 0 amide bonds. The van der Waals surface area contributed by atoms with Crippen molar-refractivity contribution in [2.75, 3.05) is 33.2 Å². The van der Waals surface area contributed by atoms with Crippen LogP contribution >= 0.6 is 11.3 Å². The molecule has 0 spiro atoms. The van der Waals surface area contributed by atoms with Crippen LogP contribution in [0.2, 0.25) is 0 Å². The van der Waals surface area contributed by atoms with Gasteiger partial charge < -0.3 is 10.6 Å². The first-order valence-corrected chi connectivity index (χ1v) is 7.63. The summed E-state index contributed by atoms with van der Waals surface area (Å²) in [5.74, 6) is 0.615. The zero-order valence-corrected chi connectivity index (χ0v) is 13.0. The maximum Gasteiger partial charge on any atom is 0.401 e. The highest BCUT2D eigenvalue weighted by atomic mass is 32.1. The number of alkyl halides is 3. The first-order chi connectivity index (χ1) is 9.90. The van der Waals surface area contributed by atoms with Gasteiger partial charge in [-0.15, -0.1) is 0 Å². The molecule has 1 rings (SSSR count). The van der Waals surface area contributed by atoms with Gasteiger partial charge >= 0.3 is 6.18 Å². The summed E-state index contributed by atoms with van der Waals surface area (Å²) in [4.78, 5) is 5.62. The van der Waals surface area contributed by atoms with Gasteiger partial charge in [-0.1, -0.05) is 0 Å². The summed E-state index contributed by atoms with van der Waals surface area (Å²) in [5, 5.41) is 10.1. The Labute approximate surface area is 127 Å². The normalized spacial score (nSPS) is 12.8. The lowest BCUT2D eigenvalue weighted by Crippen LogP contribution is -2.42. The van der Waals surface area contributed by atoms with Crippen molar-refractivity contribution in [2.24, 2.45) is 4.99 Å². The molecular formula is C13H21F3N4S. The molecule has 1 aromatic heterocycles. The molecule has 0 bridgehead atoms. The summed E-state index contributed by atoms with van der Waals surface area (Å²) < 4.78 is 36.6. The van der Waals surface area contributed by atoms with Gasteiger partial charge in [-0.25, -0.2) is 4.99 Å². The number of hydrogen-bond donors (Lipinski definition) is 2. The molecule has 1 heterocycles. The van der Waals surface area contributed by atoms with Crippen LogP contribution in [0.15, 0.2) is 21.8 Å². The highest BCUT2D eigenvalue weighted by Gasteiger charge is 2.28. The first-order valence-electron chi connectivity index (χ1n) is 6.69. The molecule has 2 N–H and O–H groups in total. The Kier molecular flexibility index (Phi) is 7.52. The van der Waals surface area contributed by atoms with E-state index < -0.39 is 12.7 Å². The largest absolute Gasteiger partial charge is 0.401 e.